The topological polar surface area (TPSA) is 92.4 Å². The van der Waals surface area contributed by atoms with Crippen molar-refractivity contribution in [1.29, 1.82) is 0 Å². The van der Waals surface area contributed by atoms with E-state index in [2.05, 4.69) is 20.8 Å². The average Bonchev–Trinajstić information content (AvgIpc) is 2.96. The Labute approximate surface area is 132 Å². The van der Waals surface area contributed by atoms with Crippen LogP contribution in [0.4, 0.5) is 0 Å². The third kappa shape index (κ3) is 3.34. The van der Waals surface area contributed by atoms with Crippen LogP contribution in [0.25, 0.3) is 11.0 Å². The van der Waals surface area contributed by atoms with Gasteiger partial charge in [-0.05, 0) is 31.2 Å². The first-order chi connectivity index (χ1) is 11.1. The molecule has 0 bridgehead atoms. The molecule has 0 saturated heterocycles. The summed E-state index contributed by atoms with van der Waals surface area (Å²) >= 11 is 0. The fraction of sp³-hybridized carbons (Fsp3) is 0.125. The highest BCUT2D eigenvalue weighted by Crippen LogP contribution is 2.11. The number of amides is 1. The lowest BCUT2D eigenvalue weighted by Gasteiger charge is -2.04. The monoisotopic (exact) mass is 309 g/mol. The van der Waals surface area contributed by atoms with Gasteiger partial charge in [0.1, 0.15) is 17.8 Å². The van der Waals surface area contributed by atoms with E-state index in [0.717, 1.165) is 16.6 Å². The molecule has 1 aromatic heterocycles. The fourth-order valence-electron chi connectivity index (χ4n) is 2.15. The summed E-state index contributed by atoms with van der Waals surface area (Å²) < 4.78 is 1.52. The number of nitrogens with one attached hydrogen (secondary N) is 1. The molecule has 2 N–H and O–H groups in total. The molecule has 0 aliphatic rings. The van der Waals surface area contributed by atoms with E-state index in [1.165, 1.54) is 4.68 Å². The number of phenols is 1. The van der Waals surface area contributed by atoms with Crippen LogP contribution in [0, 0.1) is 0 Å². The van der Waals surface area contributed by atoms with E-state index in [0.29, 0.717) is 5.71 Å². The number of phenolic OH excluding ortho intramolecular Hbond substituents is 1. The van der Waals surface area contributed by atoms with Gasteiger partial charge in [0.2, 0.25) is 0 Å². The number of nitrogens with zero attached hydrogens (tertiary/aromatic N) is 4. The fourth-order valence-corrected chi connectivity index (χ4v) is 2.15. The second-order valence-electron chi connectivity index (χ2n) is 5.02. The number of hydrogen-bond acceptors (Lipinski definition) is 5. The summed E-state index contributed by atoms with van der Waals surface area (Å²) in [5.74, 6) is -0.155. The lowest BCUT2D eigenvalue weighted by atomic mass is 10.1. The maximum Gasteiger partial charge on any atom is 0.261 e. The van der Waals surface area contributed by atoms with Crippen molar-refractivity contribution in [2.24, 2.45) is 5.10 Å². The number of aromatic nitrogens is 3. The van der Waals surface area contributed by atoms with Crippen molar-refractivity contribution in [1.82, 2.24) is 20.4 Å². The molecule has 3 aromatic rings. The molecule has 0 saturated carbocycles. The van der Waals surface area contributed by atoms with Crippen LogP contribution < -0.4 is 5.43 Å². The Hall–Kier alpha value is -3.22. The minimum absolute atomic E-state index is 0.0251. The number of benzene rings is 2. The molecule has 7 heteroatoms. The normalized spacial score (nSPS) is 11.6. The molecule has 1 amide bonds. The first-order valence-electron chi connectivity index (χ1n) is 7.04. The van der Waals surface area contributed by atoms with Crippen molar-refractivity contribution in [3.05, 3.63) is 54.1 Å². The molecule has 2 aromatic carbocycles. The highest BCUT2D eigenvalue weighted by Gasteiger charge is 2.08. The molecule has 116 valence electrons. The number of hydrogen-bond donors (Lipinski definition) is 2. The van der Waals surface area contributed by atoms with E-state index < -0.39 is 0 Å². The van der Waals surface area contributed by atoms with Crippen LogP contribution in [0.1, 0.15) is 12.5 Å². The van der Waals surface area contributed by atoms with Crippen LogP contribution in [-0.2, 0) is 11.3 Å². The van der Waals surface area contributed by atoms with E-state index in [1.54, 1.807) is 31.2 Å². The molecule has 7 nitrogen and oxygen atoms in total. The van der Waals surface area contributed by atoms with Gasteiger partial charge in [-0.2, -0.15) is 5.10 Å². The Kier molecular flexibility index (Phi) is 4.01. The van der Waals surface area contributed by atoms with E-state index >= 15 is 0 Å². The van der Waals surface area contributed by atoms with Crippen LogP contribution in [0.2, 0.25) is 0 Å². The van der Waals surface area contributed by atoms with Gasteiger partial charge in [-0.3, -0.25) is 4.79 Å². The minimum atomic E-state index is -0.305. The number of aromatic hydroxyl groups is 1. The maximum atomic E-state index is 12.0. The van der Waals surface area contributed by atoms with E-state index in [4.69, 9.17) is 0 Å². The smallest absolute Gasteiger partial charge is 0.261 e. The van der Waals surface area contributed by atoms with Crippen LogP contribution in [0.5, 0.6) is 5.75 Å². The molecule has 0 spiro atoms. The number of rotatable bonds is 4. The van der Waals surface area contributed by atoms with Crippen molar-refractivity contribution >= 4 is 22.7 Å². The van der Waals surface area contributed by atoms with Crippen molar-refractivity contribution < 1.29 is 9.90 Å². The third-order valence-corrected chi connectivity index (χ3v) is 3.33. The van der Waals surface area contributed by atoms with Gasteiger partial charge in [-0.1, -0.05) is 29.5 Å². The van der Waals surface area contributed by atoms with Gasteiger partial charge < -0.3 is 5.11 Å². The predicted octanol–water partition coefficient (Wildman–Crippen LogP) is 1.68. The molecule has 0 radical (unpaired) electrons. The SMILES string of the molecule is C/C(=N/NC(=O)Cn1nnc2ccccc21)c1cccc(O)c1. The molecule has 0 aliphatic heterocycles. The van der Waals surface area contributed by atoms with Crippen molar-refractivity contribution in [2.75, 3.05) is 0 Å². The van der Waals surface area contributed by atoms with E-state index in [1.807, 2.05) is 24.3 Å². The Bertz CT molecular complexity index is 885. The molecule has 23 heavy (non-hydrogen) atoms. The Morgan fingerprint density at radius 1 is 1.26 bits per heavy atom. The second-order valence-corrected chi connectivity index (χ2v) is 5.02. The van der Waals surface area contributed by atoms with Crippen LogP contribution in [-0.4, -0.2) is 31.7 Å². The highest BCUT2D eigenvalue weighted by atomic mass is 16.3. The molecule has 0 aliphatic carbocycles. The van der Waals surface area contributed by atoms with Crippen molar-refractivity contribution in [3.63, 3.8) is 0 Å². The first kappa shape index (κ1) is 14.7. The number of carbonyl (C=O) groups is 1. The van der Waals surface area contributed by atoms with Crippen LogP contribution >= 0.6 is 0 Å². The lowest BCUT2D eigenvalue weighted by molar-refractivity contribution is -0.121. The van der Waals surface area contributed by atoms with Crippen LogP contribution in [0.3, 0.4) is 0 Å². The minimum Gasteiger partial charge on any atom is -0.508 e. The average molecular weight is 309 g/mol. The van der Waals surface area contributed by atoms with Gasteiger partial charge in [0.05, 0.1) is 11.2 Å². The van der Waals surface area contributed by atoms with Gasteiger partial charge in [0.25, 0.3) is 5.91 Å². The quantitative estimate of drug-likeness (QED) is 0.566. The lowest BCUT2D eigenvalue weighted by Crippen LogP contribution is -2.24. The highest BCUT2D eigenvalue weighted by molar-refractivity contribution is 5.99. The van der Waals surface area contributed by atoms with Gasteiger partial charge in [0.15, 0.2) is 0 Å². The Morgan fingerprint density at radius 2 is 2.09 bits per heavy atom. The number of fused-ring (bicyclic) bond motifs is 1. The van der Waals surface area contributed by atoms with Crippen LogP contribution in [0.15, 0.2) is 53.6 Å². The molecule has 3 rings (SSSR count). The predicted molar refractivity (Wildman–Crippen MR) is 86.0 cm³/mol. The van der Waals surface area contributed by atoms with Gasteiger partial charge in [-0.25, -0.2) is 10.1 Å². The zero-order valence-corrected chi connectivity index (χ0v) is 12.5. The summed E-state index contributed by atoms with van der Waals surface area (Å²) in [6.07, 6.45) is 0. The zero-order valence-electron chi connectivity index (χ0n) is 12.5. The number of hydrazone groups is 1. The van der Waals surface area contributed by atoms with Gasteiger partial charge in [-0.15, -0.1) is 5.10 Å². The largest absolute Gasteiger partial charge is 0.508 e. The summed E-state index contributed by atoms with van der Waals surface area (Å²) in [7, 11) is 0. The van der Waals surface area contributed by atoms with E-state index in [9.17, 15) is 9.90 Å². The van der Waals surface area contributed by atoms with E-state index in [-0.39, 0.29) is 18.2 Å². The summed E-state index contributed by atoms with van der Waals surface area (Å²) in [6.45, 7) is 1.78. The number of para-hydroxylation sites is 1. The summed E-state index contributed by atoms with van der Waals surface area (Å²) in [6, 6.07) is 14.1. The molecule has 0 unspecified atom stereocenters. The molecular weight excluding hydrogens is 294 g/mol. The molecular formula is C16H15N5O2. The van der Waals surface area contributed by atoms with Gasteiger partial charge in [0, 0.05) is 5.56 Å². The van der Waals surface area contributed by atoms with Crippen molar-refractivity contribution in [2.45, 2.75) is 13.5 Å². The summed E-state index contributed by atoms with van der Waals surface area (Å²) in [5.41, 5.74) is 5.33. The molecule has 0 atom stereocenters. The second kappa shape index (κ2) is 6.27. The zero-order chi connectivity index (χ0) is 16.2. The first-order valence-corrected chi connectivity index (χ1v) is 7.04. The molecule has 1 heterocycles. The standard InChI is InChI=1S/C16H15N5O2/c1-11(12-5-4-6-13(22)9-12)17-19-16(23)10-21-15-8-3-2-7-14(15)18-20-21/h2-9,22H,10H2,1H3,(H,19,23)/b17-11-. The third-order valence-electron chi connectivity index (χ3n) is 3.33. The summed E-state index contributed by atoms with van der Waals surface area (Å²) in [5, 5.41) is 21.4. The number of carbonyl (C=O) groups excluding carboxylic acids is 1. The Balaban J connectivity index is 1.69. The summed E-state index contributed by atoms with van der Waals surface area (Å²) in [4.78, 5) is 12.0. The Morgan fingerprint density at radius 3 is 2.91 bits per heavy atom. The van der Waals surface area contributed by atoms with Gasteiger partial charge >= 0.3 is 0 Å². The maximum absolute atomic E-state index is 12.0. The molecule has 0 fully saturated rings. The van der Waals surface area contributed by atoms with Crippen molar-refractivity contribution in [3.8, 4) is 5.75 Å².